The number of aliphatic hydroxyl groups is 1. The van der Waals surface area contributed by atoms with Crippen molar-refractivity contribution in [3.05, 3.63) is 35.4 Å². The Labute approximate surface area is 107 Å². The van der Waals surface area contributed by atoms with E-state index >= 15 is 0 Å². The Hall–Kier alpha value is -1.39. The third kappa shape index (κ3) is 2.71. The summed E-state index contributed by atoms with van der Waals surface area (Å²) in [5.41, 5.74) is 0.792. The second-order valence-electron chi connectivity index (χ2n) is 5.06. The molecule has 1 atom stereocenters. The van der Waals surface area contributed by atoms with E-state index in [1.54, 1.807) is 18.9 Å². The number of rotatable bonds is 3. The van der Waals surface area contributed by atoms with E-state index in [9.17, 15) is 9.90 Å². The van der Waals surface area contributed by atoms with Crippen LogP contribution in [0.2, 0.25) is 0 Å². The maximum atomic E-state index is 12.4. The van der Waals surface area contributed by atoms with Gasteiger partial charge in [-0.25, -0.2) is 0 Å². The molecular weight excluding hydrogens is 230 g/mol. The van der Waals surface area contributed by atoms with Gasteiger partial charge in [0.15, 0.2) is 0 Å². The van der Waals surface area contributed by atoms with Crippen molar-refractivity contribution < 1.29 is 14.6 Å². The number of β-amino-alcohol motifs (C(OH)–C–C–N with tert-alkyl or cyclic N) is 1. The number of carbonyl (C=O) groups is 1. The lowest BCUT2D eigenvalue weighted by Gasteiger charge is -2.20. The van der Waals surface area contributed by atoms with Crippen LogP contribution >= 0.6 is 0 Å². The van der Waals surface area contributed by atoms with Gasteiger partial charge in [-0.1, -0.05) is 18.2 Å². The van der Waals surface area contributed by atoms with Crippen LogP contribution in [0.4, 0.5) is 0 Å². The van der Waals surface area contributed by atoms with Crippen molar-refractivity contribution in [2.75, 3.05) is 20.2 Å². The fourth-order valence-electron chi connectivity index (χ4n) is 2.30. The van der Waals surface area contributed by atoms with Crippen molar-refractivity contribution in [2.24, 2.45) is 0 Å². The van der Waals surface area contributed by atoms with E-state index in [-0.39, 0.29) is 5.91 Å². The van der Waals surface area contributed by atoms with Crippen molar-refractivity contribution in [1.82, 2.24) is 4.90 Å². The smallest absolute Gasteiger partial charge is 0.254 e. The Morgan fingerprint density at radius 1 is 1.50 bits per heavy atom. The van der Waals surface area contributed by atoms with E-state index in [0.717, 1.165) is 5.56 Å². The van der Waals surface area contributed by atoms with E-state index in [4.69, 9.17) is 4.74 Å². The summed E-state index contributed by atoms with van der Waals surface area (Å²) in [6.45, 7) is 3.19. The Kier molecular flexibility index (Phi) is 3.68. The SMILES string of the molecule is COCc1ccccc1C(=O)N1CCC(C)(O)C1. The number of hydrogen-bond acceptors (Lipinski definition) is 3. The topological polar surface area (TPSA) is 49.8 Å². The fraction of sp³-hybridized carbons (Fsp3) is 0.500. The van der Waals surface area contributed by atoms with Crippen molar-refractivity contribution in [3.8, 4) is 0 Å². The van der Waals surface area contributed by atoms with Crippen molar-refractivity contribution >= 4 is 5.91 Å². The number of ether oxygens (including phenoxy) is 1. The zero-order chi connectivity index (χ0) is 13.2. The van der Waals surface area contributed by atoms with Gasteiger partial charge in [-0.3, -0.25) is 4.79 Å². The van der Waals surface area contributed by atoms with Gasteiger partial charge in [0.25, 0.3) is 5.91 Å². The number of amides is 1. The van der Waals surface area contributed by atoms with E-state index < -0.39 is 5.60 Å². The molecule has 1 heterocycles. The third-order valence-corrected chi connectivity index (χ3v) is 3.29. The standard InChI is InChI=1S/C14H19NO3/c1-14(17)7-8-15(10-14)13(16)12-6-4-3-5-11(12)9-18-2/h3-6,17H,7-10H2,1-2H3. The average Bonchev–Trinajstić information content (AvgIpc) is 2.70. The molecule has 18 heavy (non-hydrogen) atoms. The van der Waals surface area contributed by atoms with Gasteiger partial charge in [0, 0.05) is 25.8 Å². The summed E-state index contributed by atoms with van der Waals surface area (Å²) in [4.78, 5) is 14.1. The molecule has 1 N–H and O–H groups in total. The Balaban J connectivity index is 2.19. The molecule has 0 aromatic heterocycles. The van der Waals surface area contributed by atoms with Crippen LogP contribution < -0.4 is 0 Å². The first kappa shape index (κ1) is 13.1. The molecule has 1 aromatic carbocycles. The molecule has 1 fully saturated rings. The highest BCUT2D eigenvalue weighted by Gasteiger charge is 2.34. The molecule has 1 unspecified atom stereocenters. The molecule has 0 spiro atoms. The molecule has 1 aromatic rings. The summed E-state index contributed by atoms with van der Waals surface area (Å²) >= 11 is 0. The van der Waals surface area contributed by atoms with Crippen LogP contribution in [0.1, 0.15) is 29.3 Å². The van der Waals surface area contributed by atoms with Crippen LogP contribution in [0.5, 0.6) is 0 Å². The molecule has 0 aliphatic carbocycles. The number of benzene rings is 1. The zero-order valence-electron chi connectivity index (χ0n) is 10.8. The molecular formula is C14H19NO3. The summed E-state index contributed by atoms with van der Waals surface area (Å²) < 4.78 is 5.10. The van der Waals surface area contributed by atoms with Crippen LogP contribution in [0, 0.1) is 0 Å². The van der Waals surface area contributed by atoms with E-state index in [1.807, 2.05) is 24.3 Å². The predicted octanol–water partition coefficient (Wildman–Crippen LogP) is 1.43. The monoisotopic (exact) mass is 249 g/mol. The Morgan fingerprint density at radius 3 is 2.83 bits per heavy atom. The van der Waals surface area contributed by atoms with Crippen molar-refractivity contribution in [2.45, 2.75) is 25.6 Å². The van der Waals surface area contributed by atoms with Crippen LogP contribution in [-0.4, -0.2) is 41.7 Å². The lowest BCUT2D eigenvalue weighted by molar-refractivity contribution is 0.0570. The van der Waals surface area contributed by atoms with Gasteiger partial charge in [0.2, 0.25) is 0 Å². The fourth-order valence-corrected chi connectivity index (χ4v) is 2.30. The second kappa shape index (κ2) is 5.08. The van der Waals surface area contributed by atoms with Crippen molar-refractivity contribution in [3.63, 3.8) is 0 Å². The third-order valence-electron chi connectivity index (χ3n) is 3.29. The van der Waals surface area contributed by atoms with E-state index in [2.05, 4.69) is 0 Å². The number of hydrogen-bond donors (Lipinski definition) is 1. The molecule has 0 radical (unpaired) electrons. The number of methoxy groups -OCH3 is 1. The van der Waals surface area contributed by atoms with Crippen LogP contribution in [-0.2, 0) is 11.3 Å². The predicted molar refractivity (Wildman–Crippen MR) is 68.3 cm³/mol. The molecule has 2 rings (SSSR count). The lowest BCUT2D eigenvalue weighted by Crippen LogP contribution is -2.34. The summed E-state index contributed by atoms with van der Waals surface area (Å²) in [7, 11) is 1.61. The first-order valence-electron chi connectivity index (χ1n) is 6.12. The first-order valence-corrected chi connectivity index (χ1v) is 6.12. The highest BCUT2D eigenvalue weighted by molar-refractivity contribution is 5.95. The molecule has 1 amide bonds. The number of likely N-dealkylation sites (tertiary alicyclic amines) is 1. The van der Waals surface area contributed by atoms with Gasteiger partial charge in [0.05, 0.1) is 12.2 Å². The zero-order valence-corrected chi connectivity index (χ0v) is 10.8. The van der Waals surface area contributed by atoms with Crippen LogP contribution in [0.3, 0.4) is 0 Å². The minimum Gasteiger partial charge on any atom is -0.388 e. The molecule has 0 bridgehead atoms. The Morgan fingerprint density at radius 2 is 2.22 bits per heavy atom. The Bertz CT molecular complexity index is 442. The largest absolute Gasteiger partial charge is 0.388 e. The minimum atomic E-state index is -0.758. The number of carbonyl (C=O) groups excluding carboxylic acids is 1. The summed E-state index contributed by atoms with van der Waals surface area (Å²) in [5, 5.41) is 9.91. The summed E-state index contributed by atoms with van der Waals surface area (Å²) in [6, 6.07) is 7.44. The van der Waals surface area contributed by atoms with E-state index in [0.29, 0.717) is 31.7 Å². The highest BCUT2D eigenvalue weighted by atomic mass is 16.5. The number of nitrogens with zero attached hydrogens (tertiary/aromatic N) is 1. The lowest BCUT2D eigenvalue weighted by atomic mass is 10.1. The molecule has 1 aliphatic heterocycles. The van der Waals surface area contributed by atoms with Gasteiger partial charge < -0.3 is 14.7 Å². The van der Waals surface area contributed by atoms with Crippen LogP contribution in [0.15, 0.2) is 24.3 Å². The highest BCUT2D eigenvalue weighted by Crippen LogP contribution is 2.23. The summed E-state index contributed by atoms with van der Waals surface area (Å²) in [5.74, 6) is -0.0274. The first-order chi connectivity index (χ1) is 8.53. The van der Waals surface area contributed by atoms with Crippen LogP contribution in [0.25, 0.3) is 0 Å². The molecule has 0 saturated carbocycles. The molecule has 4 nitrogen and oxygen atoms in total. The van der Waals surface area contributed by atoms with Crippen molar-refractivity contribution in [1.29, 1.82) is 0 Å². The second-order valence-corrected chi connectivity index (χ2v) is 5.06. The minimum absolute atomic E-state index is 0.0274. The molecule has 1 saturated heterocycles. The maximum absolute atomic E-state index is 12.4. The molecule has 1 aliphatic rings. The van der Waals surface area contributed by atoms with Gasteiger partial charge in [-0.05, 0) is 25.0 Å². The molecule has 98 valence electrons. The normalized spacial score (nSPS) is 23.4. The maximum Gasteiger partial charge on any atom is 0.254 e. The van der Waals surface area contributed by atoms with E-state index in [1.165, 1.54) is 0 Å². The van der Waals surface area contributed by atoms with Gasteiger partial charge >= 0.3 is 0 Å². The summed E-state index contributed by atoms with van der Waals surface area (Å²) in [6.07, 6.45) is 0.630. The van der Waals surface area contributed by atoms with Gasteiger partial charge in [-0.2, -0.15) is 0 Å². The quantitative estimate of drug-likeness (QED) is 0.881. The molecule has 4 heteroatoms. The average molecular weight is 249 g/mol. The van der Waals surface area contributed by atoms with Gasteiger partial charge in [0.1, 0.15) is 0 Å². The van der Waals surface area contributed by atoms with Gasteiger partial charge in [-0.15, -0.1) is 0 Å².